The van der Waals surface area contributed by atoms with E-state index < -0.39 is 17.6 Å². The van der Waals surface area contributed by atoms with Crippen molar-refractivity contribution in [2.45, 2.75) is 38.8 Å². The van der Waals surface area contributed by atoms with E-state index in [1.165, 1.54) is 0 Å². The van der Waals surface area contributed by atoms with Crippen molar-refractivity contribution in [1.29, 1.82) is 0 Å². The number of carbonyl (C=O) groups excluding carboxylic acids is 1. The minimum absolute atomic E-state index is 0.402. The molecule has 0 fully saturated rings. The molecule has 0 saturated heterocycles. The van der Waals surface area contributed by atoms with Crippen LogP contribution in [-0.2, 0) is 16.0 Å². The van der Waals surface area contributed by atoms with Gasteiger partial charge in [-0.15, -0.1) is 0 Å². The Labute approximate surface area is 107 Å². The molecule has 0 radical (unpaired) electrons. The van der Waals surface area contributed by atoms with Crippen LogP contribution in [0.3, 0.4) is 0 Å². The van der Waals surface area contributed by atoms with Gasteiger partial charge in [0.1, 0.15) is 17.4 Å². The first-order valence-electron chi connectivity index (χ1n) is 6.11. The average Bonchev–Trinajstić information content (AvgIpc) is 2.72. The molecule has 0 amide bonds. The van der Waals surface area contributed by atoms with Gasteiger partial charge in [-0.1, -0.05) is 6.07 Å². The molecule has 1 aliphatic heterocycles. The van der Waals surface area contributed by atoms with E-state index in [2.05, 4.69) is 0 Å². The maximum absolute atomic E-state index is 11.9. The molecule has 0 aliphatic carbocycles. The minimum atomic E-state index is -0.741. The van der Waals surface area contributed by atoms with Gasteiger partial charge < -0.3 is 15.2 Å². The number of carbonyl (C=O) groups is 1. The van der Waals surface area contributed by atoms with E-state index in [0.717, 1.165) is 23.3 Å². The number of nitrogens with two attached hydrogens (primary N) is 1. The zero-order valence-corrected chi connectivity index (χ0v) is 11.0. The Morgan fingerprint density at radius 3 is 2.83 bits per heavy atom. The van der Waals surface area contributed by atoms with E-state index in [-0.39, 0.29) is 0 Å². The lowest BCUT2D eigenvalue weighted by molar-refractivity contribution is -0.156. The van der Waals surface area contributed by atoms with Crippen LogP contribution in [0.15, 0.2) is 18.2 Å². The van der Waals surface area contributed by atoms with Crippen LogP contribution in [0.25, 0.3) is 0 Å². The zero-order chi connectivity index (χ0) is 13.3. The Kier molecular flexibility index (Phi) is 3.30. The molecule has 98 valence electrons. The third kappa shape index (κ3) is 2.82. The first kappa shape index (κ1) is 12.9. The zero-order valence-electron chi connectivity index (χ0n) is 11.0. The molecule has 4 heteroatoms. The van der Waals surface area contributed by atoms with Crippen molar-refractivity contribution >= 4 is 5.97 Å². The smallest absolute Gasteiger partial charge is 0.328 e. The molecular weight excluding hydrogens is 230 g/mol. The molecule has 1 unspecified atom stereocenters. The predicted octanol–water partition coefficient (Wildman–Crippen LogP) is 1.96. The van der Waals surface area contributed by atoms with Crippen molar-refractivity contribution in [1.82, 2.24) is 0 Å². The standard InChI is InChI=1S/C14H19NO3/c1-14(2,3)18-13(16)12(15)10-4-5-11-9(8-10)6-7-17-11/h4-5,8,12H,6-7,15H2,1-3H3. The van der Waals surface area contributed by atoms with Crippen LogP contribution in [0.1, 0.15) is 37.9 Å². The number of fused-ring (bicyclic) bond motifs is 1. The summed E-state index contributed by atoms with van der Waals surface area (Å²) in [5.74, 6) is 0.483. The minimum Gasteiger partial charge on any atom is -0.493 e. The molecule has 18 heavy (non-hydrogen) atoms. The van der Waals surface area contributed by atoms with Crippen molar-refractivity contribution in [3.8, 4) is 5.75 Å². The summed E-state index contributed by atoms with van der Waals surface area (Å²) in [5, 5.41) is 0. The quantitative estimate of drug-likeness (QED) is 0.814. The van der Waals surface area contributed by atoms with Crippen LogP contribution in [0.5, 0.6) is 5.75 Å². The largest absolute Gasteiger partial charge is 0.493 e. The van der Waals surface area contributed by atoms with Gasteiger partial charge in [0.15, 0.2) is 0 Å². The van der Waals surface area contributed by atoms with Gasteiger partial charge in [-0.05, 0) is 44.0 Å². The number of hydrogen-bond acceptors (Lipinski definition) is 4. The lowest BCUT2D eigenvalue weighted by Gasteiger charge is -2.22. The van der Waals surface area contributed by atoms with Gasteiger partial charge in [-0.25, -0.2) is 4.79 Å². The highest BCUT2D eigenvalue weighted by molar-refractivity contribution is 5.78. The molecule has 1 aromatic carbocycles. The second kappa shape index (κ2) is 4.61. The lowest BCUT2D eigenvalue weighted by Crippen LogP contribution is -2.31. The van der Waals surface area contributed by atoms with E-state index in [1.807, 2.05) is 39.0 Å². The fraction of sp³-hybridized carbons (Fsp3) is 0.500. The highest BCUT2D eigenvalue weighted by atomic mass is 16.6. The van der Waals surface area contributed by atoms with E-state index in [0.29, 0.717) is 6.61 Å². The maximum atomic E-state index is 11.9. The number of ether oxygens (including phenoxy) is 2. The lowest BCUT2D eigenvalue weighted by atomic mass is 10.0. The van der Waals surface area contributed by atoms with E-state index in [1.54, 1.807) is 0 Å². The van der Waals surface area contributed by atoms with Crippen LogP contribution in [0.2, 0.25) is 0 Å². The first-order chi connectivity index (χ1) is 8.37. The molecule has 2 rings (SSSR count). The molecule has 1 heterocycles. The monoisotopic (exact) mass is 249 g/mol. The molecular formula is C14H19NO3. The van der Waals surface area contributed by atoms with Gasteiger partial charge >= 0.3 is 5.97 Å². The van der Waals surface area contributed by atoms with Gasteiger partial charge in [-0.2, -0.15) is 0 Å². The topological polar surface area (TPSA) is 61.5 Å². The van der Waals surface area contributed by atoms with Crippen LogP contribution in [0, 0.1) is 0 Å². The molecule has 1 aromatic rings. The third-order valence-corrected chi connectivity index (χ3v) is 2.73. The van der Waals surface area contributed by atoms with Crippen LogP contribution >= 0.6 is 0 Å². The first-order valence-corrected chi connectivity index (χ1v) is 6.11. The number of benzene rings is 1. The van der Waals surface area contributed by atoms with Crippen molar-refractivity contribution in [2.75, 3.05) is 6.61 Å². The molecule has 4 nitrogen and oxygen atoms in total. The summed E-state index contributed by atoms with van der Waals surface area (Å²) in [6.07, 6.45) is 0.865. The Hall–Kier alpha value is -1.55. The highest BCUT2D eigenvalue weighted by Gasteiger charge is 2.24. The fourth-order valence-corrected chi connectivity index (χ4v) is 1.90. The summed E-state index contributed by atoms with van der Waals surface area (Å²) >= 11 is 0. The Balaban J connectivity index is 2.14. The molecule has 1 atom stereocenters. The average molecular weight is 249 g/mol. The van der Waals surface area contributed by atoms with Crippen molar-refractivity contribution in [2.24, 2.45) is 5.73 Å². The van der Waals surface area contributed by atoms with Gasteiger partial charge in [0.25, 0.3) is 0 Å². The SMILES string of the molecule is CC(C)(C)OC(=O)C(N)c1ccc2c(c1)CCO2. The Morgan fingerprint density at radius 1 is 1.44 bits per heavy atom. The molecule has 0 bridgehead atoms. The number of rotatable bonds is 2. The molecule has 0 spiro atoms. The second-order valence-electron chi connectivity index (χ2n) is 5.48. The van der Waals surface area contributed by atoms with Crippen LogP contribution in [-0.4, -0.2) is 18.2 Å². The fourth-order valence-electron chi connectivity index (χ4n) is 1.90. The second-order valence-corrected chi connectivity index (χ2v) is 5.48. The molecule has 0 aromatic heterocycles. The Morgan fingerprint density at radius 2 is 2.17 bits per heavy atom. The summed E-state index contributed by atoms with van der Waals surface area (Å²) in [4.78, 5) is 11.9. The van der Waals surface area contributed by atoms with Gasteiger partial charge in [0.2, 0.25) is 0 Å². The van der Waals surface area contributed by atoms with Crippen LogP contribution in [0.4, 0.5) is 0 Å². The van der Waals surface area contributed by atoms with E-state index in [4.69, 9.17) is 15.2 Å². The number of esters is 1. The van der Waals surface area contributed by atoms with E-state index >= 15 is 0 Å². The predicted molar refractivity (Wildman–Crippen MR) is 68.4 cm³/mol. The summed E-state index contributed by atoms with van der Waals surface area (Å²) in [7, 11) is 0. The summed E-state index contributed by atoms with van der Waals surface area (Å²) in [6.45, 7) is 6.18. The number of hydrogen-bond donors (Lipinski definition) is 1. The third-order valence-electron chi connectivity index (χ3n) is 2.73. The Bertz CT molecular complexity index is 463. The highest BCUT2D eigenvalue weighted by Crippen LogP contribution is 2.28. The van der Waals surface area contributed by atoms with E-state index in [9.17, 15) is 4.79 Å². The molecule has 1 aliphatic rings. The van der Waals surface area contributed by atoms with Crippen molar-refractivity contribution in [3.05, 3.63) is 29.3 Å². The summed E-state index contributed by atoms with van der Waals surface area (Å²) in [5.41, 5.74) is 7.28. The maximum Gasteiger partial charge on any atom is 0.328 e. The molecule has 2 N–H and O–H groups in total. The normalized spacial score (nSPS) is 15.8. The van der Waals surface area contributed by atoms with Gasteiger partial charge in [0, 0.05) is 6.42 Å². The van der Waals surface area contributed by atoms with Crippen LogP contribution < -0.4 is 10.5 Å². The van der Waals surface area contributed by atoms with Gasteiger partial charge in [0.05, 0.1) is 6.61 Å². The summed E-state index contributed by atoms with van der Waals surface area (Å²) in [6, 6.07) is 4.87. The van der Waals surface area contributed by atoms with Gasteiger partial charge in [-0.3, -0.25) is 0 Å². The molecule has 0 saturated carbocycles. The van der Waals surface area contributed by atoms with Crippen molar-refractivity contribution < 1.29 is 14.3 Å². The summed E-state index contributed by atoms with van der Waals surface area (Å²) < 4.78 is 10.7. The van der Waals surface area contributed by atoms with Crippen molar-refractivity contribution in [3.63, 3.8) is 0 Å².